The molecule has 0 atom stereocenters. The van der Waals surface area contributed by atoms with Gasteiger partial charge in [-0.3, -0.25) is 9.48 Å². The number of carbonyl (C=O) groups is 1. The molecule has 1 N–H and O–H groups in total. The normalized spacial score (nSPS) is 14.8. The minimum atomic E-state index is -0.140. The first-order valence-electron chi connectivity index (χ1n) is 9.90. The van der Waals surface area contributed by atoms with Gasteiger partial charge in [-0.2, -0.15) is 5.10 Å². The fourth-order valence-corrected chi connectivity index (χ4v) is 3.56. The van der Waals surface area contributed by atoms with Crippen LogP contribution in [0.15, 0.2) is 67.0 Å². The van der Waals surface area contributed by atoms with Crippen LogP contribution < -0.4 is 10.2 Å². The van der Waals surface area contributed by atoms with Gasteiger partial charge in [-0.05, 0) is 48.6 Å². The number of hydrogen-bond donors (Lipinski definition) is 1. The summed E-state index contributed by atoms with van der Waals surface area (Å²) < 4.78 is 1.78. The van der Waals surface area contributed by atoms with E-state index in [-0.39, 0.29) is 5.91 Å². The molecule has 1 aliphatic rings. The second kappa shape index (κ2) is 8.30. The number of aromatic nitrogens is 2. The van der Waals surface area contributed by atoms with Gasteiger partial charge in [-0.1, -0.05) is 37.3 Å². The van der Waals surface area contributed by atoms with Gasteiger partial charge < -0.3 is 10.2 Å². The summed E-state index contributed by atoms with van der Waals surface area (Å²) in [5.74, 6) is 0.677. The van der Waals surface area contributed by atoms with Crippen molar-refractivity contribution in [1.82, 2.24) is 9.78 Å². The predicted molar refractivity (Wildman–Crippen MR) is 113 cm³/mol. The molecule has 1 saturated heterocycles. The van der Waals surface area contributed by atoms with Gasteiger partial charge in [0.2, 0.25) is 0 Å². The molecule has 28 heavy (non-hydrogen) atoms. The van der Waals surface area contributed by atoms with E-state index in [0.717, 1.165) is 30.3 Å². The van der Waals surface area contributed by atoms with Crippen molar-refractivity contribution < 1.29 is 4.79 Å². The van der Waals surface area contributed by atoms with Gasteiger partial charge >= 0.3 is 0 Å². The van der Waals surface area contributed by atoms with Crippen LogP contribution in [-0.2, 0) is 6.54 Å². The van der Waals surface area contributed by atoms with Gasteiger partial charge in [0.25, 0.3) is 5.91 Å². The summed E-state index contributed by atoms with van der Waals surface area (Å²) in [5.41, 5.74) is 3.74. The summed E-state index contributed by atoms with van der Waals surface area (Å²) in [4.78, 5) is 14.9. The zero-order valence-corrected chi connectivity index (χ0v) is 16.2. The fourth-order valence-electron chi connectivity index (χ4n) is 3.56. The molecule has 0 saturated carbocycles. The summed E-state index contributed by atoms with van der Waals surface area (Å²) in [6.07, 6.45) is 5.88. The molecular formula is C23H26N4O. The van der Waals surface area contributed by atoms with E-state index in [0.29, 0.717) is 12.1 Å². The number of piperidine rings is 1. The average Bonchev–Trinajstić information content (AvgIpc) is 3.19. The monoisotopic (exact) mass is 374 g/mol. The maximum Gasteiger partial charge on any atom is 0.258 e. The first-order valence-corrected chi connectivity index (χ1v) is 9.90. The molecule has 4 rings (SSSR count). The third kappa shape index (κ3) is 4.42. The number of hydrogen-bond acceptors (Lipinski definition) is 3. The lowest BCUT2D eigenvalue weighted by Crippen LogP contribution is -2.32. The quantitative estimate of drug-likeness (QED) is 0.719. The number of rotatable bonds is 5. The number of benzene rings is 2. The fraction of sp³-hybridized carbons (Fsp3) is 0.304. The van der Waals surface area contributed by atoms with Crippen LogP contribution >= 0.6 is 0 Å². The molecule has 0 spiro atoms. The average molecular weight is 374 g/mol. The molecule has 0 bridgehead atoms. The van der Waals surface area contributed by atoms with Crippen molar-refractivity contribution in [3.05, 3.63) is 78.1 Å². The molecule has 1 fully saturated rings. The molecule has 5 heteroatoms. The predicted octanol–water partition coefficient (Wildman–Crippen LogP) is 4.42. The second-order valence-corrected chi connectivity index (χ2v) is 7.58. The van der Waals surface area contributed by atoms with Crippen molar-refractivity contribution in [3.63, 3.8) is 0 Å². The van der Waals surface area contributed by atoms with Crippen molar-refractivity contribution in [2.24, 2.45) is 5.92 Å². The number of nitrogens with one attached hydrogen (secondary N) is 1. The Labute approximate surface area is 166 Å². The Balaban J connectivity index is 1.36. The Morgan fingerprint density at radius 3 is 2.50 bits per heavy atom. The molecule has 144 valence electrons. The summed E-state index contributed by atoms with van der Waals surface area (Å²) in [5, 5.41) is 7.27. The van der Waals surface area contributed by atoms with E-state index in [1.165, 1.54) is 18.5 Å². The molecule has 1 aliphatic heterocycles. The Kier molecular flexibility index (Phi) is 5.42. The molecule has 1 aromatic heterocycles. The maximum absolute atomic E-state index is 12.5. The smallest absolute Gasteiger partial charge is 0.258 e. The SMILES string of the molecule is CC1CCN(c2ccc(NC(=O)c3cnn(Cc4ccccc4)c3)cc2)CC1. The van der Waals surface area contributed by atoms with Crippen LogP contribution in [0.25, 0.3) is 0 Å². The van der Waals surface area contributed by atoms with Crippen molar-refractivity contribution >= 4 is 17.3 Å². The first-order chi connectivity index (χ1) is 13.7. The van der Waals surface area contributed by atoms with Crippen LogP contribution in [0.5, 0.6) is 0 Å². The van der Waals surface area contributed by atoms with Crippen LogP contribution in [0.2, 0.25) is 0 Å². The van der Waals surface area contributed by atoms with Crippen LogP contribution in [0, 0.1) is 5.92 Å². The summed E-state index contributed by atoms with van der Waals surface area (Å²) in [7, 11) is 0. The van der Waals surface area contributed by atoms with E-state index < -0.39 is 0 Å². The number of amides is 1. The Hall–Kier alpha value is -3.08. The highest BCUT2D eigenvalue weighted by Crippen LogP contribution is 2.24. The van der Waals surface area contributed by atoms with Crippen molar-refractivity contribution in [2.45, 2.75) is 26.3 Å². The number of carbonyl (C=O) groups excluding carboxylic acids is 1. The highest BCUT2D eigenvalue weighted by Gasteiger charge is 2.16. The summed E-state index contributed by atoms with van der Waals surface area (Å²) >= 11 is 0. The van der Waals surface area contributed by atoms with Gasteiger partial charge in [-0.25, -0.2) is 0 Å². The topological polar surface area (TPSA) is 50.2 Å². The third-order valence-electron chi connectivity index (χ3n) is 5.36. The van der Waals surface area contributed by atoms with Crippen LogP contribution in [0.4, 0.5) is 11.4 Å². The lowest BCUT2D eigenvalue weighted by Gasteiger charge is -2.32. The lowest BCUT2D eigenvalue weighted by molar-refractivity contribution is 0.102. The van der Waals surface area contributed by atoms with Gasteiger partial charge in [-0.15, -0.1) is 0 Å². The standard InChI is InChI=1S/C23H26N4O/c1-18-11-13-26(14-12-18)22-9-7-21(8-10-22)25-23(28)20-15-24-27(17-20)16-19-5-3-2-4-6-19/h2-10,15,17-18H,11-14,16H2,1H3,(H,25,28). The number of anilines is 2. The van der Waals surface area contributed by atoms with Crippen LogP contribution in [0.1, 0.15) is 35.7 Å². The van der Waals surface area contributed by atoms with E-state index in [2.05, 4.69) is 34.4 Å². The highest BCUT2D eigenvalue weighted by atomic mass is 16.1. The molecule has 2 heterocycles. The molecule has 0 unspecified atom stereocenters. The van der Waals surface area contributed by atoms with E-state index in [4.69, 9.17) is 0 Å². The Bertz CT molecular complexity index is 909. The van der Waals surface area contributed by atoms with Crippen LogP contribution in [0.3, 0.4) is 0 Å². The van der Waals surface area contributed by atoms with E-state index in [9.17, 15) is 4.79 Å². The second-order valence-electron chi connectivity index (χ2n) is 7.58. The van der Waals surface area contributed by atoms with Gasteiger partial charge in [0.05, 0.1) is 18.3 Å². The summed E-state index contributed by atoms with van der Waals surface area (Å²) in [6, 6.07) is 18.2. The zero-order valence-electron chi connectivity index (χ0n) is 16.2. The molecule has 0 aliphatic carbocycles. The van der Waals surface area contributed by atoms with Gasteiger partial charge in [0.15, 0.2) is 0 Å². The lowest BCUT2D eigenvalue weighted by atomic mass is 9.99. The van der Waals surface area contributed by atoms with Crippen LogP contribution in [-0.4, -0.2) is 28.8 Å². The van der Waals surface area contributed by atoms with Crippen molar-refractivity contribution in [3.8, 4) is 0 Å². The van der Waals surface area contributed by atoms with E-state index >= 15 is 0 Å². The molecule has 5 nitrogen and oxygen atoms in total. The van der Waals surface area contributed by atoms with Crippen molar-refractivity contribution in [1.29, 1.82) is 0 Å². The van der Waals surface area contributed by atoms with Gasteiger partial charge in [0, 0.05) is 30.7 Å². The molecule has 2 aromatic carbocycles. The Morgan fingerprint density at radius 1 is 1.07 bits per heavy atom. The molecular weight excluding hydrogens is 348 g/mol. The maximum atomic E-state index is 12.5. The van der Waals surface area contributed by atoms with E-state index in [1.54, 1.807) is 17.1 Å². The molecule has 0 radical (unpaired) electrons. The summed E-state index contributed by atoms with van der Waals surface area (Å²) in [6.45, 7) is 5.18. The van der Waals surface area contributed by atoms with E-state index in [1.807, 2.05) is 42.5 Å². The van der Waals surface area contributed by atoms with Crippen molar-refractivity contribution in [2.75, 3.05) is 23.3 Å². The zero-order chi connectivity index (χ0) is 19.3. The molecule has 1 amide bonds. The minimum absolute atomic E-state index is 0.140. The first kappa shape index (κ1) is 18.3. The molecule has 3 aromatic rings. The minimum Gasteiger partial charge on any atom is -0.372 e. The highest BCUT2D eigenvalue weighted by molar-refractivity contribution is 6.04. The third-order valence-corrected chi connectivity index (χ3v) is 5.36. The Morgan fingerprint density at radius 2 is 1.79 bits per heavy atom. The number of nitrogens with zero attached hydrogens (tertiary/aromatic N) is 3. The largest absolute Gasteiger partial charge is 0.372 e. The van der Waals surface area contributed by atoms with Gasteiger partial charge in [0.1, 0.15) is 0 Å².